The van der Waals surface area contributed by atoms with Gasteiger partial charge in [0, 0.05) is 23.8 Å². The van der Waals surface area contributed by atoms with Crippen molar-refractivity contribution in [2.45, 2.75) is 25.4 Å². The third-order valence-corrected chi connectivity index (χ3v) is 7.65. The highest BCUT2D eigenvalue weighted by Crippen LogP contribution is 2.19. The van der Waals surface area contributed by atoms with Gasteiger partial charge in [0.15, 0.2) is 15.9 Å². The molecule has 0 aromatic heterocycles. The number of halogens is 1. The zero-order valence-corrected chi connectivity index (χ0v) is 16.9. The number of anilines is 1. The Hall–Kier alpha value is -1.31. The second-order valence-electron chi connectivity index (χ2n) is 7.35. The molecule has 2 aliphatic rings. The van der Waals surface area contributed by atoms with E-state index >= 15 is 0 Å². The Bertz CT molecular complexity index is 763. The summed E-state index contributed by atoms with van der Waals surface area (Å²) in [5.74, 6) is 0.326. The number of sulfone groups is 1. The maximum atomic E-state index is 12.8. The number of quaternary nitrogens is 1. The molecule has 1 amide bonds. The van der Waals surface area contributed by atoms with Gasteiger partial charge in [0.2, 0.25) is 0 Å². The van der Waals surface area contributed by atoms with Crippen molar-refractivity contribution in [2.24, 2.45) is 0 Å². The fourth-order valence-electron chi connectivity index (χ4n) is 3.90. The number of piperazine rings is 1. The predicted molar refractivity (Wildman–Crippen MR) is 104 cm³/mol. The van der Waals surface area contributed by atoms with E-state index in [1.165, 1.54) is 4.90 Å². The van der Waals surface area contributed by atoms with Crippen molar-refractivity contribution in [1.29, 1.82) is 0 Å². The van der Waals surface area contributed by atoms with Crippen molar-refractivity contribution in [3.63, 3.8) is 0 Å². The van der Waals surface area contributed by atoms with Crippen molar-refractivity contribution in [2.75, 3.05) is 49.6 Å². The van der Waals surface area contributed by atoms with E-state index in [0.717, 1.165) is 36.9 Å². The van der Waals surface area contributed by atoms with Gasteiger partial charge in [0.25, 0.3) is 5.91 Å². The quantitative estimate of drug-likeness (QED) is 0.777. The molecule has 0 unspecified atom stereocenters. The molecule has 8 heteroatoms. The van der Waals surface area contributed by atoms with Crippen LogP contribution in [0.25, 0.3) is 0 Å². The highest BCUT2D eigenvalue weighted by molar-refractivity contribution is 7.91. The number of rotatable bonds is 4. The fraction of sp³-hybridized carbons (Fsp3) is 0.611. The molecule has 144 valence electrons. The van der Waals surface area contributed by atoms with E-state index in [9.17, 15) is 13.2 Å². The maximum absolute atomic E-state index is 12.8. The highest BCUT2D eigenvalue weighted by Gasteiger charge is 2.37. The Kier molecular flexibility index (Phi) is 5.79. The minimum atomic E-state index is -2.98. The third kappa shape index (κ3) is 4.32. The van der Waals surface area contributed by atoms with Gasteiger partial charge in [-0.1, -0.05) is 17.7 Å². The molecule has 1 aromatic carbocycles. The Morgan fingerprint density at radius 2 is 2.04 bits per heavy atom. The lowest BCUT2D eigenvalue weighted by Crippen LogP contribution is -3.19. The van der Waals surface area contributed by atoms with Gasteiger partial charge in [-0.25, -0.2) is 8.42 Å². The minimum Gasteiger partial charge on any atom is -0.360 e. The third-order valence-electron chi connectivity index (χ3n) is 5.67. The summed E-state index contributed by atoms with van der Waals surface area (Å²) in [5, 5.41) is 0.731. The van der Waals surface area contributed by atoms with E-state index in [1.807, 2.05) is 25.1 Å². The van der Waals surface area contributed by atoms with Crippen LogP contribution in [0.1, 0.15) is 13.3 Å². The van der Waals surface area contributed by atoms with Crippen LogP contribution in [0.2, 0.25) is 5.02 Å². The van der Waals surface area contributed by atoms with E-state index in [4.69, 9.17) is 11.6 Å². The van der Waals surface area contributed by atoms with Gasteiger partial charge in [-0.2, -0.15) is 0 Å². The van der Waals surface area contributed by atoms with Crippen LogP contribution < -0.4 is 9.80 Å². The van der Waals surface area contributed by atoms with E-state index in [-0.39, 0.29) is 29.5 Å². The van der Waals surface area contributed by atoms with Gasteiger partial charge in [-0.05, 0) is 31.5 Å². The molecule has 0 bridgehead atoms. The van der Waals surface area contributed by atoms with Crippen molar-refractivity contribution < 1.29 is 18.1 Å². The van der Waals surface area contributed by atoms with E-state index in [1.54, 1.807) is 11.9 Å². The molecule has 2 heterocycles. The fourth-order valence-corrected chi connectivity index (χ4v) is 5.86. The summed E-state index contributed by atoms with van der Waals surface area (Å²) >= 11 is 6.08. The molecular formula is C18H27ClN3O3S+. The monoisotopic (exact) mass is 400 g/mol. The lowest BCUT2D eigenvalue weighted by atomic mass is 10.1. The number of nitrogens with zero attached hydrogens (tertiary/aromatic N) is 2. The largest absolute Gasteiger partial charge is 0.360 e. The van der Waals surface area contributed by atoms with Crippen molar-refractivity contribution in [1.82, 2.24) is 4.90 Å². The summed E-state index contributed by atoms with van der Waals surface area (Å²) < 4.78 is 23.4. The molecule has 3 rings (SSSR count). The Morgan fingerprint density at radius 1 is 1.35 bits per heavy atom. The average Bonchev–Trinajstić information content (AvgIpc) is 3.00. The van der Waals surface area contributed by atoms with E-state index in [0.29, 0.717) is 6.42 Å². The minimum absolute atomic E-state index is 0.0401. The number of likely N-dealkylation sites (N-methyl/N-ethyl adjacent to an activating group) is 1. The Morgan fingerprint density at radius 3 is 2.62 bits per heavy atom. The number of amides is 1. The summed E-state index contributed by atoms with van der Waals surface area (Å²) in [6.07, 6.45) is 0.551. The summed E-state index contributed by atoms with van der Waals surface area (Å²) in [6.45, 7) is 5.43. The lowest BCUT2D eigenvalue weighted by Gasteiger charge is -2.37. The number of carbonyl (C=O) groups is 1. The van der Waals surface area contributed by atoms with Crippen LogP contribution in [0, 0.1) is 0 Å². The van der Waals surface area contributed by atoms with Crippen molar-refractivity contribution in [3.05, 3.63) is 29.3 Å². The number of benzene rings is 1. The van der Waals surface area contributed by atoms with Gasteiger partial charge < -0.3 is 14.7 Å². The second-order valence-corrected chi connectivity index (χ2v) is 10.0. The van der Waals surface area contributed by atoms with Crippen LogP contribution in [-0.2, 0) is 14.6 Å². The normalized spacial score (nSPS) is 24.4. The number of nitrogens with one attached hydrogen (secondary N) is 1. The topological polar surface area (TPSA) is 62.1 Å². The van der Waals surface area contributed by atoms with Gasteiger partial charge in [0.1, 0.15) is 0 Å². The van der Waals surface area contributed by atoms with Crippen molar-refractivity contribution in [3.8, 4) is 0 Å². The van der Waals surface area contributed by atoms with Crippen LogP contribution in [0.4, 0.5) is 5.69 Å². The first-order valence-corrected chi connectivity index (χ1v) is 11.3. The first kappa shape index (κ1) is 19.5. The maximum Gasteiger partial charge on any atom is 0.280 e. The first-order valence-electron chi connectivity index (χ1n) is 9.09. The molecule has 2 aliphatic heterocycles. The summed E-state index contributed by atoms with van der Waals surface area (Å²) in [6, 6.07) is 7.50. The van der Waals surface area contributed by atoms with Crippen LogP contribution in [0.15, 0.2) is 24.3 Å². The van der Waals surface area contributed by atoms with E-state index in [2.05, 4.69) is 11.0 Å². The number of hydrogen-bond acceptors (Lipinski definition) is 4. The SMILES string of the molecule is C[C@H](C(=O)N(C)[C@@H]1CCS(=O)(=O)C1)[NH+]1CCN(c2cccc(Cl)c2)CC1. The molecule has 26 heavy (non-hydrogen) atoms. The molecule has 1 aromatic rings. The molecule has 6 nitrogen and oxygen atoms in total. The smallest absolute Gasteiger partial charge is 0.280 e. The summed E-state index contributed by atoms with van der Waals surface area (Å²) in [5.41, 5.74) is 1.11. The lowest BCUT2D eigenvalue weighted by molar-refractivity contribution is -0.915. The predicted octanol–water partition coefficient (Wildman–Crippen LogP) is 0.0789. The molecular weight excluding hydrogens is 374 g/mol. The van der Waals surface area contributed by atoms with Crippen LogP contribution in [0.3, 0.4) is 0 Å². The molecule has 0 aliphatic carbocycles. The summed E-state index contributed by atoms with van der Waals surface area (Å²) in [7, 11) is -1.24. The van der Waals surface area contributed by atoms with Crippen LogP contribution >= 0.6 is 11.6 Å². The van der Waals surface area contributed by atoms with Gasteiger partial charge in [-0.15, -0.1) is 0 Å². The van der Waals surface area contributed by atoms with Gasteiger partial charge in [0.05, 0.1) is 37.7 Å². The highest BCUT2D eigenvalue weighted by atomic mass is 35.5. The van der Waals surface area contributed by atoms with Gasteiger partial charge in [-0.3, -0.25) is 4.79 Å². The van der Waals surface area contributed by atoms with Crippen molar-refractivity contribution >= 4 is 33.0 Å². The molecule has 2 fully saturated rings. The molecule has 0 radical (unpaired) electrons. The molecule has 0 spiro atoms. The molecule has 2 saturated heterocycles. The Labute approximate surface area is 160 Å². The van der Waals surface area contributed by atoms with E-state index < -0.39 is 9.84 Å². The zero-order valence-electron chi connectivity index (χ0n) is 15.3. The molecule has 1 N–H and O–H groups in total. The van der Waals surface area contributed by atoms with Crippen LogP contribution in [-0.4, -0.2) is 76.0 Å². The molecule has 2 atom stereocenters. The number of carbonyl (C=O) groups excluding carboxylic acids is 1. The summed E-state index contributed by atoms with van der Waals surface area (Å²) in [4.78, 5) is 18.0. The molecule has 0 saturated carbocycles. The zero-order chi connectivity index (χ0) is 18.9. The van der Waals surface area contributed by atoms with Crippen LogP contribution in [0.5, 0.6) is 0 Å². The first-order chi connectivity index (χ1) is 12.3. The average molecular weight is 401 g/mol. The second kappa shape index (κ2) is 7.74. The van der Waals surface area contributed by atoms with Gasteiger partial charge >= 0.3 is 0 Å². The Balaban J connectivity index is 1.56. The standard InChI is InChI=1S/C18H26ClN3O3S/c1-14(18(23)20(2)17-6-11-26(24,25)13-17)21-7-9-22(10-8-21)16-5-3-4-15(19)12-16/h3-5,12,14,17H,6-11,13H2,1-2H3/p+1/t14-,17-/m1/s1. The number of hydrogen-bond donors (Lipinski definition) is 1.